The van der Waals surface area contributed by atoms with E-state index in [0.717, 1.165) is 25.8 Å². The van der Waals surface area contributed by atoms with Gasteiger partial charge >= 0.3 is 6.09 Å². The zero-order valence-corrected chi connectivity index (χ0v) is 8.73. The van der Waals surface area contributed by atoms with E-state index in [1.807, 2.05) is 6.08 Å². The second kappa shape index (κ2) is 5.52. The first-order valence-electron chi connectivity index (χ1n) is 4.83. The van der Waals surface area contributed by atoms with E-state index in [-0.39, 0.29) is 12.1 Å². The van der Waals surface area contributed by atoms with Crippen LogP contribution in [0.4, 0.5) is 4.79 Å². The van der Waals surface area contributed by atoms with Gasteiger partial charge in [-0.2, -0.15) is 0 Å². The molecular weight excluding hydrogens is 182 g/mol. The maximum absolute atomic E-state index is 11.4. The van der Waals surface area contributed by atoms with Crippen LogP contribution in [0.5, 0.6) is 0 Å². The zero-order chi connectivity index (χ0) is 10.4. The summed E-state index contributed by atoms with van der Waals surface area (Å²) in [7, 11) is 3.01. The molecule has 4 nitrogen and oxygen atoms in total. The third-order valence-corrected chi connectivity index (χ3v) is 2.40. The molecule has 0 aromatic heterocycles. The standard InChI is InChI=1S/C10H17NO3/c1-13-8-6-9-5-3-4-7-11(9)10(12)14-2/h6,8-9H,3-5,7H2,1-2H3/b8-6+. The molecule has 14 heavy (non-hydrogen) atoms. The summed E-state index contributed by atoms with van der Waals surface area (Å²) in [5.74, 6) is 0. The van der Waals surface area contributed by atoms with Crippen molar-refractivity contribution >= 4 is 6.09 Å². The van der Waals surface area contributed by atoms with Gasteiger partial charge in [0, 0.05) is 6.54 Å². The molecule has 0 spiro atoms. The van der Waals surface area contributed by atoms with E-state index >= 15 is 0 Å². The maximum Gasteiger partial charge on any atom is 0.409 e. The summed E-state index contributed by atoms with van der Waals surface area (Å²) in [6, 6.07) is 0.121. The summed E-state index contributed by atoms with van der Waals surface area (Å²) in [6.07, 6.45) is 6.44. The number of rotatable bonds is 2. The summed E-state index contributed by atoms with van der Waals surface area (Å²) in [6.45, 7) is 0.769. The van der Waals surface area contributed by atoms with E-state index in [4.69, 9.17) is 9.47 Å². The maximum atomic E-state index is 11.4. The first kappa shape index (κ1) is 10.9. The summed E-state index contributed by atoms with van der Waals surface area (Å²) in [5.41, 5.74) is 0. The molecule has 1 unspecified atom stereocenters. The molecule has 1 atom stereocenters. The zero-order valence-electron chi connectivity index (χ0n) is 8.73. The highest BCUT2D eigenvalue weighted by atomic mass is 16.5. The van der Waals surface area contributed by atoms with E-state index in [1.54, 1.807) is 18.3 Å². The van der Waals surface area contributed by atoms with E-state index in [2.05, 4.69) is 0 Å². The molecule has 0 bridgehead atoms. The average molecular weight is 199 g/mol. The lowest BCUT2D eigenvalue weighted by Crippen LogP contribution is -2.42. The van der Waals surface area contributed by atoms with Gasteiger partial charge in [-0.1, -0.05) is 0 Å². The molecule has 0 aromatic rings. The number of carbonyl (C=O) groups is 1. The molecule has 1 rings (SSSR count). The smallest absolute Gasteiger partial charge is 0.409 e. The molecule has 0 saturated carbocycles. The predicted octanol–water partition coefficient (Wildman–Crippen LogP) is 1.77. The number of hydrogen-bond acceptors (Lipinski definition) is 3. The Hall–Kier alpha value is -1.19. The molecule has 1 heterocycles. The summed E-state index contributed by atoms with van der Waals surface area (Å²) in [4.78, 5) is 13.1. The minimum Gasteiger partial charge on any atom is -0.505 e. The van der Waals surface area contributed by atoms with E-state index in [9.17, 15) is 4.79 Å². The Morgan fingerprint density at radius 1 is 1.43 bits per heavy atom. The molecule has 80 valence electrons. The van der Waals surface area contributed by atoms with Crippen molar-refractivity contribution in [2.45, 2.75) is 25.3 Å². The van der Waals surface area contributed by atoms with Crippen LogP contribution in [0.25, 0.3) is 0 Å². The normalized spacial score (nSPS) is 22.4. The molecular formula is C10H17NO3. The van der Waals surface area contributed by atoms with Crippen LogP contribution in [-0.4, -0.2) is 37.8 Å². The van der Waals surface area contributed by atoms with Crippen molar-refractivity contribution in [1.29, 1.82) is 0 Å². The van der Waals surface area contributed by atoms with Gasteiger partial charge in [0.05, 0.1) is 26.5 Å². The van der Waals surface area contributed by atoms with Crippen molar-refractivity contribution in [3.8, 4) is 0 Å². The number of ether oxygens (including phenoxy) is 2. The van der Waals surface area contributed by atoms with Crippen molar-refractivity contribution in [1.82, 2.24) is 4.90 Å². The number of carbonyl (C=O) groups excluding carboxylic acids is 1. The highest BCUT2D eigenvalue weighted by Gasteiger charge is 2.25. The third-order valence-electron chi connectivity index (χ3n) is 2.40. The van der Waals surface area contributed by atoms with Crippen LogP contribution in [0, 0.1) is 0 Å². The van der Waals surface area contributed by atoms with E-state index < -0.39 is 0 Å². The summed E-state index contributed by atoms with van der Waals surface area (Å²) < 4.78 is 9.56. The second-order valence-electron chi connectivity index (χ2n) is 3.29. The topological polar surface area (TPSA) is 38.8 Å². The molecule has 1 amide bonds. The molecule has 1 saturated heterocycles. The lowest BCUT2D eigenvalue weighted by Gasteiger charge is -2.32. The molecule has 4 heteroatoms. The lowest BCUT2D eigenvalue weighted by atomic mass is 10.0. The monoisotopic (exact) mass is 199 g/mol. The number of piperidine rings is 1. The fourth-order valence-corrected chi connectivity index (χ4v) is 1.67. The van der Waals surface area contributed by atoms with E-state index in [1.165, 1.54) is 7.11 Å². The molecule has 1 aliphatic rings. The van der Waals surface area contributed by atoms with Gasteiger partial charge in [-0.05, 0) is 25.3 Å². The SMILES string of the molecule is CO/C=C/C1CCCCN1C(=O)OC. The van der Waals surface area contributed by atoms with Crippen LogP contribution < -0.4 is 0 Å². The molecule has 0 radical (unpaired) electrons. The Morgan fingerprint density at radius 3 is 2.86 bits per heavy atom. The van der Waals surface area contributed by atoms with Crippen molar-refractivity contribution in [2.75, 3.05) is 20.8 Å². The van der Waals surface area contributed by atoms with Gasteiger partial charge in [0.1, 0.15) is 0 Å². The third kappa shape index (κ3) is 2.65. The van der Waals surface area contributed by atoms with Crippen LogP contribution >= 0.6 is 0 Å². The Labute approximate surface area is 84.5 Å². The Morgan fingerprint density at radius 2 is 2.21 bits per heavy atom. The Kier molecular flexibility index (Phi) is 4.29. The highest BCUT2D eigenvalue weighted by Crippen LogP contribution is 2.18. The van der Waals surface area contributed by atoms with Gasteiger partial charge in [-0.25, -0.2) is 4.79 Å². The van der Waals surface area contributed by atoms with Crippen molar-refractivity contribution in [3.63, 3.8) is 0 Å². The van der Waals surface area contributed by atoms with Gasteiger partial charge in [0.2, 0.25) is 0 Å². The number of methoxy groups -OCH3 is 2. The van der Waals surface area contributed by atoms with Gasteiger partial charge in [0.25, 0.3) is 0 Å². The second-order valence-corrected chi connectivity index (χ2v) is 3.29. The molecule has 1 fully saturated rings. The average Bonchev–Trinajstić information content (AvgIpc) is 2.25. The minimum atomic E-state index is -0.254. The quantitative estimate of drug-likeness (QED) is 0.636. The first-order chi connectivity index (χ1) is 6.79. The van der Waals surface area contributed by atoms with Crippen LogP contribution in [0.2, 0.25) is 0 Å². The molecule has 0 aliphatic carbocycles. The van der Waals surface area contributed by atoms with E-state index in [0.29, 0.717) is 0 Å². The molecule has 1 aliphatic heterocycles. The Balaban J connectivity index is 2.58. The summed E-state index contributed by atoms with van der Waals surface area (Å²) >= 11 is 0. The van der Waals surface area contributed by atoms with Gasteiger partial charge < -0.3 is 14.4 Å². The Bertz CT molecular complexity index is 215. The number of likely N-dealkylation sites (tertiary alicyclic amines) is 1. The lowest BCUT2D eigenvalue weighted by molar-refractivity contribution is 0.100. The van der Waals surface area contributed by atoms with Gasteiger partial charge in [-0.15, -0.1) is 0 Å². The fraction of sp³-hybridized carbons (Fsp3) is 0.700. The van der Waals surface area contributed by atoms with Crippen molar-refractivity contribution in [3.05, 3.63) is 12.3 Å². The van der Waals surface area contributed by atoms with Crippen LogP contribution in [0.15, 0.2) is 12.3 Å². The van der Waals surface area contributed by atoms with Crippen molar-refractivity contribution in [2.24, 2.45) is 0 Å². The first-order valence-corrected chi connectivity index (χ1v) is 4.83. The van der Waals surface area contributed by atoms with Crippen LogP contribution in [-0.2, 0) is 9.47 Å². The molecule has 0 aromatic carbocycles. The van der Waals surface area contributed by atoms with Crippen LogP contribution in [0.3, 0.4) is 0 Å². The summed E-state index contributed by atoms with van der Waals surface area (Å²) in [5, 5.41) is 0. The number of amides is 1. The van der Waals surface area contributed by atoms with Crippen molar-refractivity contribution < 1.29 is 14.3 Å². The number of nitrogens with zero attached hydrogens (tertiary/aromatic N) is 1. The predicted molar refractivity (Wildman–Crippen MR) is 52.9 cm³/mol. The minimum absolute atomic E-state index is 0.121. The molecule has 0 N–H and O–H groups in total. The number of hydrogen-bond donors (Lipinski definition) is 0. The van der Waals surface area contributed by atoms with Crippen LogP contribution in [0.1, 0.15) is 19.3 Å². The van der Waals surface area contributed by atoms with Gasteiger partial charge in [-0.3, -0.25) is 0 Å². The highest BCUT2D eigenvalue weighted by molar-refractivity contribution is 5.68. The largest absolute Gasteiger partial charge is 0.505 e. The fourth-order valence-electron chi connectivity index (χ4n) is 1.67. The van der Waals surface area contributed by atoms with Gasteiger partial charge in [0.15, 0.2) is 0 Å².